The number of aliphatic hydroxyl groups excluding tert-OH is 1. The first-order valence-corrected chi connectivity index (χ1v) is 9.55. The molecular formula is C20H13ClF2N6O2. The Morgan fingerprint density at radius 3 is 2.94 bits per heavy atom. The van der Waals surface area contributed by atoms with Crippen molar-refractivity contribution in [1.29, 1.82) is 0 Å². The highest BCUT2D eigenvalue weighted by Gasteiger charge is 2.43. The Bertz CT molecular complexity index is 1410. The molecule has 31 heavy (non-hydrogen) atoms. The molecule has 1 saturated carbocycles. The summed E-state index contributed by atoms with van der Waals surface area (Å²) in [6.45, 7) is 0. The predicted octanol–water partition coefficient (Wildman–Crippen LogP) is 3.03. The third-order valence-corrected chi connectivity index (χ3v) is 5.51. The van der Waals surface area contributed by atoms with Gasteiger partial charge in [-0.3, -0.25) is 14.9 Å². The van der Waals surface area contributed by atoms with E-state index >= 15 is 4.39 Å². The van der Waals surface area contributed by atoms with Gasteiger partial charge in [-0.2, -0.15) is 5.10 Å². The topological polar surface area (TPSA) is 108 Å². The number of terminal acetylenes is 1. The molecule has 0 aliphatic heterocycles. The summed E-state index contributed by atoms with van der Waals surface area (Å²) < 4.78 is 29.7. The summed E-state index contributed by atoms with van der Waals surface area (Å²) in [6, 6.07) is 0. The second-order valence-corrected chi connectivity index (χ2v) is 7.53. The highest BCUT2D eigenvalue weighted by molar-refractivity contribution is 6.35. The van der Waals surface area contributed by atoms with Crippen LogP contribution in [0.2, 0.25) is 5.02 Å². The minimum atomic E-state index is -1.51. The number of aliphatic hydroxyl groups is 1. The lowest BCUT2D eigenvalue weighted by Gasteiger charge is -2.13. The number of halogens is 3. The number of aromatic nitrogens is 5. The third kappa shape index (κ3) is 3.10. The van der Waals surface area contributed by atoms with E-state index in [0.29, 0.717) is 16.7 Å². The van der Waals surface area contributed by atoms with Gasteiger partial charge in [-0.15, -0.1) is 6.42 Å². The van der Waals surface area contributed by atoms with E-state index in [1.807, 2.05) is 0 Å². The molecule has 3 aromatic heterocycles. The third-order valence-electron chi connectivity index (χ3n) is 5.16. The molecule has 1 aliphatic rings. The van der Waals surface area contributed by atoms with Crippen molar-refractivity contribution in [3.05, 3.63) is 41.2 Å². The number of anilines is 1. The van der Waals surface area contributed by atoms with Crippen LogP contribution >= 0.6 is 11.6 Å². The molecule has 0 spiro atoms. The largest absolute Gasteiger partial charge is 0.376 e. The Balaban J connectivity index is 1.59. The standard InChI is InChI=1S/C20H13ClF2N6O2/c1-2-12(30)16-18(23)17(21)15(9-4-25-28-19(9)16)11-6-29-7-13(26-14(29)5-24-11)27-20(31)8-3-10(8)22/h1,4-8,10,12,30H,3H2,(H,25,28)(H,27,31)/t8-,10+,12?/m1/s1. The van der Waals surface area contributed by atoms with E-state index in [4.69, 9.17) is 18.0 Å². The zero-order chi connectivity index (χ0) is 21.9. The number of amides is 1. The molecule has 1 aliphatic carbocycles. The van der Waals surface area contributed by atoms with E-state index < -0.39 is 29.9 Å². The molecule has 0 saturated heterocycles. The van der Waals surface area contributed by atoms with Gasteiger partial charge in [0.1, 0.15) is 12.3 Å². The van der Waals surface area contributed by atoms with Gasteiger partial charge in [0.05, 0.1) is 46.3 Å². The molecule has 11 heteroatoms. The van der Waals surface area contributed by atoms with Crippen LogP contribution < -0.4 is 5.32 Å². The summed E-state index contributed by atoms with van der Waals surface area (Å²) in [6.07, 6.45) is 8.75. The Morgan fingerprint density at radius 1 is 1.45 bits per heavy atom. The van der Waals surface area contributed by atoms with Crippen molar-refractivity contribution in [1.82, 2.24) is 24.6 Å². The van der Waals surface area contributed by atoms with Crippen molar-refractivity contribution in [2.75, 3.05) is 5.32 Å². The van der Waals surface area contributed by atoms with Gasteiger partial charge in [0, 0.05) is 17.1 Å². The minimum Gasteiger partial charge on any atom is -0.376 e. The number of imidazole rings is 1. The maximum absolute atomic E-state index is 15.0. The van der Waals surface area contributed by atoms with Crippen LogP contribution in [0.15, 0.2) is 24.8 Å². The number of rotatable bonds is 4. The lowest BCUT2D eigenvalue weighted by molar-refractivity contribution is -0.117. The maximum atomic E-state index is 15.0. The van der Waals surface area contributed by atoms with E-state index in [0.717, 1.165) is 0 Å². The summed E-state index contributed by atoms with van der Waals surface area (Å²) in [5.41, 5.74) is 0.976. The fourth-order valence-electron chi connectivity index (χ4n) is 3.47. The van der Waals surface area contributed by atoms with E-state index in [-0.39, 0.29) is 33.9 Å². The summed E-state index contributed by atoms with van der Waals surface area (Å²) in [7, 11) is 0. The van der Waals surface area contributed by atoms with Crippen LogP contribution in [0.1, 0.15) is 18.1 Å². The number of hydrogen-bond acceptors (Lipinski definition) is 5. The van der Waals surface area contributed by atoms with Crippen LogP contribution in [0.5, 0.6) is 0 Å². The molecule has 3 N–H and O–H groups in total. The smallest absolute Gasteiger partial charge is 0.231 e. The van der Waals surface area contributed by atoms with E-state index in [1.165, 1.54) is 18.6 Å². The van der Waals surface area contributed by atoms with Crippen LogP contribution in [0.4, 0.5) is 14.6 Å². The summed E-state index contributed by atoms with van der Waals surface area (Å²) in [5.74, 6) is 0.344. The summed E-state index contributed by atoms with van der Waals surface area (Å²) in [4.78, 5) is 20.5. The molecule has 1 aromatic carbocycles. The Labute approximate surface area is 178 Å². The number of hydrogen-bond donors (Lipinski definition) is 3. The van der Waals surface area contributed by atoms with Crippen molar-refractivity contribution < 1.29 is 18.7 Å². The van der Waals surface area contributed by atoms with Crippen LogP contribution in [-0.4, -0.2) is 41.8 Å². The molecule has 5 rings (SSSR count). The Hall–Kier alpha value is -3.55. The van der Waals surface area contributed by atoms with E-state index in [9.17, 15) is 14.3 Å². The second-order valence-electron chi connectivity index (χ2n) is 7.16. The first-order chi connectivity index (χ1) is 14.9. The molecule has 1 amide bonds. The van der Waals surface area contributed by atoms with Gasteiger partial charge in [0.15, 0.2) is 17.3 Å². The van der Waals surface area contributed by atoms with Crippen molar-refractivity contribution in [2.24, 2.45) is 5.92 Å². The number of benzene rings is 1. The second kappa shape index (κ2) is 7.01. The normalized spacial score (nSPS) is 18.8. The van der Waals surface area contributed by atoms with Gasteiger partial charge in [-0.1, -0.05) is 17.5 Å². The molecule has 3 heterocycles. The Morgan fingerprint density at radius 2 is 2.23 bits per heavy atom. The van der Waals surface area contributed by atoms with Gasteiger partial charge >= 0.3 is 0 Å². The molecule has 1 fully saturated rings. The quantitative estimate of drug-likeness (QED) is 0.421. The maximum Gasteiger partial charge on any atom is 0.231 e. The number of fused-ring (bicyclic) bond motifs is 2. The molecule has 8 nitrogen and oxygen atoms in total. The SMILES string of the molecule is C#CC(O)c1c(F)c(Cl)c(-c2cn3cc(NC(=O)[C@@H]4C[C@@H]4F)nc3cn2)c2cn[nH]c12. The highest BCUT2D eigenvalue weighted by atomic mass is 35.5. The average Bonchev–Trinajstić information content (AvgIpc) is 3.12. The molecule has 0 radical (unpaired) electrons. The van der Waals surface area contributed by atoms with Gasteiger partial charge < -0.3 is 14.8 Å². The number of alkyl halides is 1. The van der Waals surface area contributed by atoms with Crippen LogP contribution in [0, 0.1) is 24.1 Å². The number of H-pyrrole nitrogens is 1. The summed E-state index contributed by atoms with van der Waals surface area (Å²) in [5, 5.41) is 19.3. The lowest BCUT2D eigenvalue weighted by atomic mass is 9.99. The molecule has 3 atom stereocenters. The average molecular weight is 443 g/mol. The highest BCUT2D eigenvalue weighted by Crippen LogP contribution is 2.40. The fraction of sp³-hybridized carbons (Fsp3) is 0.200. The monoisotopic (exact) mass is 442 g/mol. The number of nitrogens with one attached hydrogen (secondary N) is 2. The van der Waals surface area contributed by atoms with Crippen molar-refractivity contribution in [3.8, 4) is 23.6 Å². The van der Waals surface area contributed by atoms with Crippen molar-refractivity contribution in [2.45, 2.75) is 18.7 Å². The first-order valence-electron chi connectivity index (χ1n) is 9.17. The zero-order valence-electron chi connectivity index (χ0n) is 15.6. The van der Waals surface area contributed by atoms with E-state index in [2.05, 4.69) is 31.4 Å². The van der Waals surface area contributed by atoms with Crippen LogP contribution in [-0.2, 0) is 4.79 Å². The molecule has 4 aromatic rings. The van der Waals surface area contributed by atoms with Gasteiger partial charge in [-0.25, -0.2) is 13.8 Å². The van der Waals surface area contributed by atoms with Crippen LogP contribution in [0.3, 0.4) is 0 Å². The van der Waals surface area contributed by atoms with E-state index in [1.54, 1.807) is 10.6 Å². The molecular weight excluding hydrogens is 430 g/mol. The number of carbonyl (C=O) groups is 1. The molecule has 1 unspecified atom stereocenters. The van der Waals surface area contributed by atoms with Gasteiger partial charge in [0.2, 0.25) is 5.91 Å². The minimum absolute atomic E-state index is 0.177. The fourth-order valence-corrected chi connectivity index (χ4v) is 3.77. The van der Waals surface area contributed by atoms with Gasteiger partial charge in [0.25, 0.3) is 0 Å². The number of aromatic amines is 1. The van der Waals surface area contributed by atoms with Crippen LogP contribution in [0.25, 0.3) is 27.8 Å². The van der Waals surface area contributed by atoms with Crippen molar-refractivity contribution >= 4 is 39.9 Å². The molecule has 0 bridgehead atoms. The van der Waals surface area contributed by atoms with Gasteiger partial charge in [-0.05, 0) is 6.42 Å². The lowest BCUT2D eigenvalue weighted by Crippen LogP contribution is -2.15. The van der Waals surface area contributed by atoms with Crippen molar-refractivity contribution in [3.63, 3.8) is 0 Å². The Kier molecular flexibility index (Phi) is 4.39. The summed E-state index contributed by atoms with van der Waals surface area (Å²) >= 11 is 6.30. The predicted molar refractivity (Wildman–Crippen MR) is 108 cm³/mol. The number of carbonyl (C=O) groups excluding carboxylic acids is 1. The molecule has 156 valence electrons. The first kappa shape index (κ1) is 19.4. The zero-order valence-corrected chi connectivity index (χ0v) is 16.4. The number of nitrogens with zero attached hydrogens (tertiary/aromatic N) is 4.